The summed E-state index contributed by atoms with van der Waals surface area (Å²) in [5.41, 5.74) is 4.09. The van der Waals surface area contributed by atoms with Crippen LogP contribution in [0.3, 0.4) is 0 Å². The molecule has 0 saturated carbocycles. The van der Waals surface area contributed by atoms with E-state index in [0.717, 1.165) is 35.1 Å². The van der Waals surface area contributed by atoms with Crippen molar-refractivity contribution in [3.8, 4) is 0 Å². The maximum Gasteiger partial charge on any atom is 0.224 e. The number of nitrogens with one attached hydrogen (secondary N) is 2. The Kier molecular flexibility index (Phi) is 41.9. The number of amides is 2. The fourth-order valence-electron chi connectivity index (χ4n) is 12.3. The Morgan fingerprint density at radius 3 is 1.43 bits per heavy atom. The van der Waals surface area contributed by atoms with E-state index < -0.39 is 104 Å². The van der Waals surface area contributed by atoms with E-state index in [1.807, 2.05) is 140 Å². The van der Waals surface area contributed by atoms with E-state index in [0.29, 0.717) is 58.5 Å². The topological polar surface area (TPSA) is 275 Å². The first-order valence-corrected chi connectivity index (χ1v) is 36.4. The summed E-state index contributed by atoms with van der Waals surface area (Å²) in [4.78, 5) is 25.0. The highest BCUT2D eigenvalue weighted by atomic mass is 16.6. The van der Waals surface area contributed by atoms with Crippen molar-refractivity contribution in [3.05, 3.63) is 168 Å². The molecule has 542 valence electrons. The van der Waals surface area contributed by atoms with E-state index in [-0.39, 0.29) is 37.7 Å². The molecule has 0 spiro atoms. The summed E-state index contributed by atoms with van der Waals surface area (Å²) in [5, 5.41) is 86.7. The number of benzene rings is 4. The maximum absolute atomic E-state index is 13.4. The zero-order valence-corrected chi connectivity index (χ0v) is 58.4. The molecule has 0 aromatic heterocycles. The third-order valence-electron chi connectivity index (χ3n) is 18.3. The SMILES string of the molecule is CCC(=O)N[C@@H](CCC[C@H]1OC(CO)[C@H](O)[C@H](O)C1O)[C@H](O)[C@H](O)CC.CCCCCCCCCCCCCCCC/C=C/CC(=O)N[C@@H](/C=C/C[C@H]1OC(COCc2ccccc2)[C@H](OCc2ccccc2)[C@@H](OCc2ccccc2)C1OCc1ccccc1)[C@H](O)[C@H](O)CC. The molecule has 4 aromatic rings. The average molecular weight is 1350 g/mol. The molecule has 2 amide bonds. The van der Waals surface area contributed by atoms with Crippen molar-refractivity contribution in [2.75, 3.05) is 13.2 Å². The van der Waals surface area contributed by atoms with Crippen LogP contribution < -0.4 is 10.6 Å². The summed E-state index contributed by atoms with van der Waals surface area (Å²) < 4.78 is 39.5. The molecule has 4 aromatic carbocycles. The normalized spacial score (nSPS) is 23.1. The van der Waals surface area contributed by atoms with Crippen LogP contribution in [0.4, 0.5) is 0 Å². The van der Waals surface area contributed by atoms with Gasteiger partial charge in [-0.3, -0.25) is 9.59 Å². The van der Waals surface area contributed by atoms with Crippen molar-refractivity contribution in [2.24, 2.45) is 0 Å². The van der Waals surface area contributed by atoms with E-state index in [1.54, 1.807) is 19.9 Å². The summed E-state index contributed by atoms with van der Waals surface area (Å²) in [6.07, 6.45) is 16.7. The second kappa shape index (κ2) is 49.3. The molecule has 2 aliphatic heterocycles. The number of rotatable bonds is 47. The first-order valence-electron chi connectivity index (χ1n) is 36.4. The van der Waals surface area contributed by atoms with E-state index in [2.05, 4.69) is 23.6 Å². The van der Waals surface area contributed by atoms with Gasteiger partial charge < -0.3 is 79.9 Å². The second-order valence-electron chi connectivity index (χ2n) is 26.1. The van der Waals surface area contributed by atoms with Crippen LogP contribution in [-0.2, 0) is 64.4 Å². The van der Waals surface area contributed by atoms with Gasteiger partial charge in [0.25, 0.3) is 0 Å². The van der Waals surface area contributed by atoms with Gasteiger partial charge in [0.05, 0.1) is 82.2 Å². The quantitative estimate of drug-likeness (QED) is 0.0145. The molecular weight excluding hydrogens is 1230 g/mol. The van der Waals surface area contributed by atoms with Crippen molar-refractivity contribution < 1.29 is 78.9 Å². The van der Waals surface area contributed by atoms with Crippen molar-refractivity contribution in [1.29, 1.82) is 0 Å². The zero-order chi connectivity index (χ0) is 69.8. The number of hydrogen-bond donors (Lipinski definition) is 10. The summed E-state index contributed by atoms with van der Waals surface area (Å²) in [5.74, 6) is -0.467. The Morgan fingerprint density at radius 2 is 0.938 bits per heavy atom. The Bertz CT molecular complexity index is 2680. The summed E-state index contributed by atoms with van der Waals surface area (Å²) in [7, 11) is 0. The van der Waals surface area contributed by atoms with Crippen LogP contribution in [0.25, 0.3) is 0 Å². The van der Waals surface area contributed by atoms with Gasteiger partial charge in [-0.15, -0.1) is 0 Å². The molecule has 18 nitrogen and oxygen atoms in total. The first kappa shape index (κ1) is 82.4. The van der Waals surface area contributed by atoms with Crippen LogP contribution >= 0.6 is 0 Å². The molecule has 6 rings (SSSR count). The molecule has 2 aliphatic rings. The van der Waals surface area contributed by atoms with Gasteiger partial charge in [-0.2, -0.15) is 0 Å². The van der Waals surface area contributed by atoms with Crippen molar-refractivity contribution in [2.45, 2.75) is 299 Å². The van der Waals surface area contributed by atoms with Gasteiger partial charge in [-0.25, -0.2) is 0 Å². The zero-order valence-electron chi connectivity index (χ0n) is 58.4. The van der Waals surface area contributed by atoms with Crippen LogP contribution in [0.5, 0.6) is 0 Å². The molecule has 0 aliphatic carbocycles. The molecule has 16 atom stereocenters. The molecule has 0 radical (unpaired) electrons. The maximum atomic E-state index is 13.4. The molecule has 97 heavy (non-hydrogen) atoms. The smallest absolute Gasteiger partial charge is 0.224 e. The molecule has 4 unspecified atom stereocenters. The molecule has 2 fully saturated rings. The van der Waals surface area contributed by atoms with Gasteiger partial charge in [0.1, 0.15) is 54.9 Å². The number of carbonyl (C=O) groups is 2. The molecule has 0 bridgehead atoms. The highest BCUT2D eigenvalue weighted by Gasteiger charge is 2.48. The van der Waals surface area contributed by atoms with Gasteiger partial charge in [0.2, 0.25) is 11.8 Å². The lowest BCUT2D eigenvalue weighted by atomic mass is 9.91. The third-order valence-corrected chi connectivity index (χ3v) is 18.3. The van der Waals surface area contributed by atoms with Crippen LogP contribution in [0.1, 0.15) is 198 Å². The van der Waals surface area contributed by atoms with Crippen molar-refractivity contribution >= 4 is 11.8 Å². The Hall–Kier alpha value is -5.26. The molecule has 18 heteroatoms. The Labute approximate surface area is 579 Å². The lowest BCUT2D eigenvalue weighted by Gasteiger charge is -2.46. The number of ether oxygens (including phenoxy) is 6. The molecule has 10 N–H and O–H groups in total. The van der Waals surface area contributed by atoms with Crippen LogP contribution in [0, 0.1) is 0 Å². The highest BCUT2D eigenvalue weighted by Crippen LogP contribution is 2.33. The minimum absolute atomic E-state index is 0.189. The van der Waals surface area contributed by atoms with Crippen molar-refractivity contribution in [1.82, 2.24) is 10.6 Å². The van der Waals surface area contributed by atoms with E-state index >= 15 is 0 Å². The largest absolute Gasteiger partial charge is 0.394 e. The standard InChI is InChI=1S/C62H87NO8.C17H33NO8/c1-3-5-6-7-8-9-10-11-12-13-14-15-16-17-18-19-32-44-58(65)63-54(59(66)55(64)4-2)42-33-43-56-60(68-46-51-36-26-21-27-37-51)62(70-48-53-40-30-23-31-41-53)61(69-47-52-38-28-22-29-39-52)57(71-56)49-67-45-50-34-24-20-25-35-50;1-3-10(20)14(22)9(18-13(21)4-2)6-5-7-11-15(23)17(25)16(24)12(8-19)26-11/h19-42,54-57,59-62,64,66H,3-18,43-49H2,1-2H3,(H,63,65);9-12,14-17,19-20,22-25H,3-8H2,1-2H3,(H,18,21)/b32-19+,42-33+;/t54-,55+,56+,57?,59-,60?,61-,62-;9-,10+,11+,12?,14-,15?,16-,17+/m00/s1. The van der Waals surface area contributed by atoms with E-state index in [4.69, 9.17) is 28.4 Å². The minimum Gasteiger partial charge on any atom is -0.394 e. The Balaban J connectivity index is 0.000000547. The monoisotopic (exact) mass is 1350 g/mol. The van der Waals surface area contributed by atoms with Gasteiger partial charge in [0.15, 0.2) is 0 Å². The molecule has 2 saturated heterocycles. The van der Waals surface area contributed by atoms with Crippen molar-refractivity contribution in [3.63, 3.8) is 0 Å². The molecular formula is C79H120N2O16. The first-order chi connectivity index (χ1) is 47.2. The Morgan fingerprint density at radius 1 is 0.485 bits per heavy atom. The number of aliphatic hydroxyl groups excluding tert-OH is 8. The number of hydrogen-bond acceptors (Lipinski definition) is 16. The number of unbranched alkanes of at least 4 members (excludes halogenated alkanes) is 14. The summed E-state index contributed by atoms with van der Waals surface area (Å²) in [6.45, 7) is 8.61. The lowest BCUT2D eigenvalue weighted by molar-refractivity contribution is -0.271. The predicted molar refractivity (Wildman–Crippen MR) is 379 cm³/mol. The van der Waals surface area contributed by atoms with Crippen LogP contribution in [-0.4, -0.2) is 163 Å². The van der Waals surface area contributed by atoms with Gasteiger partial charge in [-0.05, 0) is 73.6 Å². The fourth-order valence-corrected chi connectivity index (χ4v) is 12.3. The van der Waals surface area contributed by atoms with E-state index in [1.165, 1.54) is 83.5 Å². The summed E-state index contributed by atoms with van der Waals surface area (Å²) >= 11 is 0. The van der Waals surface area contributed by atoms with Gasteiger partial charge >= 0.3 is 0 Å². The van der Waals surface area contributed by atoms with Gasteiger partial charge in [-0.1, -0.05) is 257 Å². The van der Waals surface area contributed by atoms with Crippen LogP contribution in [0.15, 0.2) is 146 Å². The number of allylic oxidation sites excluding steroid dienone is 1. The third kappa shape index (κ3) is 31.4. The second-order valence-corrected chi connectivity index (χ2v) is 26.1. The molecule has 2 heterocycles. The lowest BCUT2D eigenvalue weighted by Crippen LogP contribution is -2.61. The number of aliphatic hydroxyl groups is 8. The fraction of sp³-hybridized carbons (Fsp3) is 0.620. The van der Waals surface area contributed by atoms with Gasteiger partial charge in [0, 0.05) is 12.8 Å². The minimum atomic E-state index is -1.42. The highest BCUT2D eigenvalue weighted by molar-refractivity contribution is 5.78. The number of carbonyl (C=O) groups excluding carboxylic acids is 2. The van der Waals surface area contributed by atoms with Crippen LogP contribution in [0.2, 0.25) is 0 Å². The summed E-state index contributed by atoms with van der Waals surface area (Å²) in [6, 6.07) is 38.7. The van der Waals surface area contributed by atoms with E-state index in [9.17, 15) is 50.4 Å². The predicted octanol–water partition coefficient (Wildman–Crippen LogP) is 11.1. The average Bonchev–Trinajstić information content (AvgIpc) is 0.829.